The molecule has 0 saturated carbocycles. The van der Waals surface area contributed by atoms with Gasteiger partial charge in [-0.2, -0.15) is 0 Å². The fourth-order valence-electron chi connectivity index (χ4n) is 2.01. The van der Waals surface area contributed by atoms with Gasteiger partial charge in [0.05, 0.1) is 19.8 Å². The number of benzene rings is 2. The van der Waals surface area contributed by atoms with Crippen molar-refractivity contribution in [2.75, 3.05) is 14.2 Å². The van der Waals surface area contributed by atoms with Crippen LogP contribution in [0.15, 0.2) is 42.5 Å². The van der Waals surface area contributed by atoms with Gasteiger partial charge in [-0.3, -0.25) is 4.79 Å². The highest BCUT2D eigenvalue weighted by Crippen LogP contribution is 2.32. The van der Waals surface area contributed by atoms with Crippen LogP contribution in [-0.4, -0.2) is 20.0 Å². The Kier molecular flexibility index (Phi) is 3.85. The van der Waals surface area contributed by atoms with Crippen molar-refractivity contribution in [1.29, 1.82) is 0 Å². The van der Waals surface area contributed by atoms with Crippen LogP contribution in [0, 0.1) is 6.92 Å². The van der Waals surface area contributed by atoms with E-state index in [1.165, 1.54) is 7.11 Å². The number of methoxy groups -OCH3 is 2. The van der Waals surface area contributed by atoms with Gasteiger partial charge >= 0.3 is 0 Å². The van der Waals surface area contributed by atoms with Gasteiger partial charge in [-0.05, 0) is 25.1 Å². The number of ketones is 1. The fourth-order valence-corrected chi connectivity index (χ4v) is 2.01. The van der Waals surface area contributed by atoms with Gasteiger partial charge in [-0.1, -0.05) is 29.8 Å². The number of hydrogen-bond donors (Lipinski definition) is 0. The number of aryl methyl sites for hydroxylation is 1. The molecule has 0 atom stereocenters. The summed E-state index contributed by atoms with van der Waals surface area (Å²) >= 11 is 0. The number of rotatable bonds is 4. The fraction of sp³-hybridized carbons (Fsp3) is 0.188. The topological polar surface area (TPSA) is 35.5 Å². The molecule has 0 unspecified atom stereocenters. The van der Waals surface area contributed by atoms with E-state index < -0.39 is 0 Å². The van der Waals surface area contributed by atoms with E-state index in [0.29, 0.717) is 22.6 Å². The number of ether oxygens (including phenoxy) is 2. The molecule has 3 heteroatoms. The lowest BCUT2D eigenvalue weighted by Gasteiger charge is -2.11. The molecule has 0 fully saturated rings. The van der Waals surface area contributed by atoms with E-state index in [2.05, 4.69) is 0 Å². The van der Waals surface area contributed by atoms with Crippen molar-refractivity contribution in [2.45, 2.75) is 6.92 Å². The minimum Gasteiger partial charge on any atom is -0.493 e. The zero-order valence-corrected chi connectivity index (χ0v) is 11.3. The maximum atomic E-state index is 12.5. The highest BCUT2D eigenvalue weighted by Gasteiger charge is 2.17. The molecule has 0 heterocycles. The molecular formula is C16H16O3. The first-order valence-electron chi connectivity index (χ1n) is 5.99. The van der Waals surface area contributed by atoms with Crippen molar-refractivity contribution in [3.8, 4) is 11.5 Å². The summed E-state index contributed by atoms with van der Waals surface area (Å²) in [5.41, 5.74) is 2.20. The first-order valence-corrected chi connectivity index (χ1v) is 5.99. The van der Waals surface area contributed by atoms with E-state index in [1.807, 2.05) is 25.1 Å². The van der Waals surface area contributed by atoms with E-state index >= 15 is 0 Å². The summed E-state index contributed by atoms with van der Waals surface area (Å²) in [5.74, 6) is 0.956. The van der Waals surface area contributed by atoms with Crippen molar-refractivity contribution in [3.63, 3.8) is 0 Å². The number of carbonyl (C=O) groups excluding carboxylic acids is 1. The van der Waals surface area contributed by atoms with Crippen LogP contribution in [0.3, 0.4) is 0 Å². The summed E-state index contributed by atoms with van der Waals surface area (Å²) in [5, 5.41) is 0. The minimum absolute atomic E-state index is 0.0700. The second kappa shape index (κ2) is 5.57. The van der Waals surface area contributed by atoms with Crippen LogP contribution in [0.25, 0.3) is 0 Å². The summed E-state index contributed by atoms with van der Waals surface area (Å²) in [7, 11) is 3.09. The maximum Gasteiger partial charge on any atom is 0.196 e. The van der Waals surface area contributed by atoms with Crippen LogP contribution in [0.2, 0.25) is 0 Å². The Balaban J connectivity index is 2.50. The molecule has 0 radical (unpaired) electrons. The Bertz CT molecular complexity index is 603. The molecule has 2 rings (SSSR count). The third-order valence-electron chi connectivity index (χ3n) is 2.93. The molecule has 98 valence electrons. The molecule has 0 bridgehead atoms. The second-order valence-corrected chi connectivity index (χ2v) is 4.24. The van der Waals surface area contributed by atoms with Gasteiger partial charge in [-0.25, -0.2) is 0 Å². The van der Waals surface area contributed by atoms with Gasteiger partial charge in [0.1, 0.15) is 0 Å². The summed E-state index contributed by atoms with van der Waals surface area (Å²) in [4.78, 5) is 12.5. The van der Waals surface area contributed by atoms with E-state index in [-0.39, 0.29) is 5.78 Å². The summed E-state index contributed by atoms with van der Waals surface area (Å²) in [6.45, 7) is 1.96. The van der Waals surface area contributed by atoms with Crippen molar-refractivity contribution in [2.24, 2.45) is 0 Å². The Morgan fingerprint density at radius 1 is 1.00 bits per heavy atom. The van der Waals surface area contributed by atoms with E-state index in [4.69, 9.17) is 9.47 Å². The number of hydrogen-bond acceptors (Lipinski definition) is 3. The molecule has 3 nitrogen and oxygen atoms in total. The van der Waals surface area contributed by atoms with Crippen molar-refractivity contribution in [1.82, 2.24) is 0 Å². The van der Waals surface area contributed by atoms with Crippen LogP contribution >= 0.6 is 0 Å². The van der Waals surface area contributed by atoms with E-state index in [0.717, 1.165) is 5.56 Å². The Morgan fingerprint density at radius 2 is 1.74 bits per heavy atom. The van der Waals surface area contributed by atoms with E-state index in [9.17, 15) is 4.79 Å². The Hall–Kier alpha value is -2.29. The lowest BCUT2D eigenvalue weighted by molar-refractivity contribution is 0.103. The third kappa shape index (κ3) is 2.60. The van der Waals surface area contributed by atoms with Crippen LogP contribution in [-0.2, 0) is 0 Å². The van der Waals surface area contributed by atoms with Gasteiger partial charge in [0.15, 0.2) is 17.3 Å². The SMILES string of the molecule is COc1cccc(C(=O)c2cccc(C)c2)c1OC. The Morgan fingerprint density at radius 3 is 2.37 bits per heavy atom. The second-order valence-electron chi connectivity index (χ2n) is 4.24. The van der Waals surface area contributed by atoms with Crippen molar-refractivity contribution in [3.05, 3.63) is 59.2 Å². The quantitative estimate of drug-likeness (QED) is 0.788. The summed E-state index contributed by atoms with van der Waals surface area (Å²) in [6, 6.07) is 12.8. The molecule has 0 spiro atoms. The lowest BCUT2D eigenvalue weighted by Crippen LogP contribution is -2.05. The molecule has 0 aliphatic rings. The van der Waals surface area contributed by atoms with Crippen LogP contribution in [0.5, 0.6) is 11.5 Å². The first-order chi connectivity index (χ1) is 9.17. The highest BCUT2D eigenvalue weighted by atomic mass is 16.5. The van der Waals surface area contributed by atoms with Crippen LogP contribution < -0.4 is 9.47 Å². The maximum absolute atomic E-state index is 12.5. The van der Waals surface area contributed by atoms with Gasteiger partial charge in [0, 0.05) is 5.56 Å². The molecule has 0 saturated heterocycles. The standard InChI is InChI=1S/C16H16O3/c1-11-6-4-7-12(10-11)15(17)13-8-5-9-14(18-2)16(13)19-3/h4-10H,1-3H3. The predicted molar refractivity (Wildman–Crippen MR) is 74.2 cm³/mol. The molecule has 2 aromatic carbocycles. The van der Waals surface area contributed by atoms with Gasteiger partial charge in [0.2, 0.25) is 0 Å². The highest BCUT2D eigenvalue weighted by molar-refractivity contribution is 6.11. The molecule has 2 aromatic rings. The first kappa shape index (κ1) is 13.1. The molecule has 0 amide bonds. The smallest absolute Gasteiger partial charge is 0.196 e. The largest absolute Gasteiger partial charge is 0.493 e. The zero-order chi connectivity index (χ0) is 13.8. The molecule has 0 N–H and O–H groups in total. The third-order valence-corrected chi connectivity index (χ3v) is 2.93. The van der Waals surface area contributed by atoms with Gasteiger partial charge in [0.25, 0.3) is 0 Å². The van der Waals surface area contributed by atoms with Crippen LogP contribution in [0.4, 0.5) is 0 Å². The normalized spacial score (nSPS) is 10.1. The van der Waals surface area contributed by atoms with Crippen molar-refractivity contribution >= 4 is 5.78 Å². The lowest BCUT2D eigenvalue weighted by atomic mass is 10.0. The number of para-hydroxylation sites is 1. The molecule has 0 aliphatic carbocycles. The minimum atomic E-state index is -0.0700. The zero-order valence-electron chi connectivity index (χ0n) is 11.3. The predicted octanol–water partition coefficient (Wildman–Crippen LogP) is 3.24. The van der Waals surface area contributed by atoms with Crippen molar-refractivity contribution < 1.29 is 14.3 Å². The Labute approximate surface area is 112 Å². The average molecular weight is 256 g/mol. The monoisotopic (exact) mass is 256 g/mol. The number of carbonyl (C=O) groups is 1. The van der Waals surface area contributed by atoms with Gasteiger partial charge < -0.3 is 9.47 Å². The molecule has 19 heavy (non-hydrogen) atoms. The van der Waals surface area contributed by atoms with E-state index in [1.54, 1.807) is 31.4 Å². The van der Waals surface area contributed by atoms with Gasteiger partial charge in [-0.15, -0.1) is 0 Å². The summed E-state index contributed by atoms with van der Waals surface area (Å²) < 4.78 is 10.5. The molecule has 0 aliphatic heterocycles. The summed E-state index contributed by atoms with van der Waals surface area (Å²) in [6.07, 6.45) is 0. The van der Waals surface area contributed by atoms with Crippen LogP contribution in [0.1, 0.15) is 21.5 Å². The molecular weight excluding hydrogens is 240 g/mol. The molecule has 0 aromatic heterocycles. The average Bonchev–Trinajstić information content (AvgIpc) is 2.45.